The highest BCUT2D eigenvalue weighted by Gasteiger charge is 2.21. The van der Waals surface area contributed by atoms with Crippen molar-refractivity contribution in [1.29, 1.82) is 0 Å². The van der Waals surface area contributed by atoms with Crippen molar-refractivity contribution < 1.29 is 13.9 Å². The van der Waals surface area contributed by atoms with Crippen LogP contribution in [-0.4, -0.2) is 22.9 Å². The van der Waals surface area contributed by atoms with Gasteiger partial charge in [0.2, 0.25) is 0 Å². The highest BCUT2D eigenvalue weighted by atomic mass is 35.5. The first kappa shape index (κ1) is 13.5. The molecule has 0 bridgehead atoms. The smallest absolute Gasteiger partial charge is 0.360 e. The van der Waals surface area contributed by atoms with Crippen molar-refractivity contribution in [2.75, 3.05) is 7.11 Å². The lowest BCUT2D eigenvalue weighted by atomic mass is 10.2. The number of carbonyl (C=O) groups excluding carboxylic acids is 1. The van der Waals surface area contributed by atoms with Crippen LogP contribution in [0.25, 0.3) is 5.69 Å². The van der Waals surface area contributed by atoms with Crippen LogP contribution < -0.4 is 0 Å². The summed E-state index contributed by atoms with van der Waals surface area (Å²) in [4.78, 5) is 11.5. The topological polar surface area (TPSA) is 44.1 Å². The second kappa shape index (κ2) is 5.01. The number of methoxy groups -OCH3 is 1. The third kappa shape index (κ3) is 2.33. The van der Waals surface area contributed by atoms with E-state index in [1.165, 1.54) is 23.9 Å². The standard InChI is InChI=1S/C13H12ClFN2O2/c1-7-6-9(15)4-5-10(7)17-8(2)11(14)12(16-17)13(18)19-3/h4-6H,1-3H3. The summed E-state index contributed by atoms with van der Waals surface area (Å²) >= 11 is 6.06. The van der Waals surface area contributed by atoms with Crippen molar-refractivity contribution >= 4 is 17.6 Å². The normalized spacial score (nSPS) is 10.6. The number of esters is 1. The minimum absolute atomic E-state index is 0.0467. The van der Waals surface area contributed by atoms with Gasteiger partial charge in [0.25, 0.3) is 0 Å². The van der Waals surface area contributed by atoms with E-state index in [-0.39, 0.29) is 16.5 Å². The maximum absolute atomic E-state index is 13.1. The average Bonchev–Trinajstić information content (AvgIpc) is 2.66. The number of halogens is 2. The van der Waals surface area contributed by atoms with Crippen molar-refractivity contribution in [3.63, 3.8) is 0 Å². The van der Waals surface area contributed by atoms with Crippen molar-refractivity contribution in [2.24, 2.45) is 0 Å². The zero-order chi connectivity index (χ0) is 14.2. The molecule has 0 spiro atoms. The van der Waals surface area contributed by atoms with Gasteiger partial charge < -0.3 is 4.74 Å². The summed E-state index contributed by atoms with van der Waals surface area (Å²) in [6.45, 7) is 3.48. The quantitative estimate of drug-likeness (QED) is 0.795. The van der Waals surface area contributed by atoms with Gasteiger partial charge in [0.15, 0.2) is 5.69 Å². The molecule has 1 aromatic heterocycles. The highest BCUT2D eigenvalue weighted by Crippen LogP contribution is 2.25. The molecule has 2 aromatic rings. The molecule has 0 N–H and O–H groups in total. The Labute approximate surface area is 114 Å². The van der Waals surface area contributed by atoms with Crippen LogP contribution in [-0.2, 0) is 4.74 Å². The molecule has 0 saturated heterocycles. The average molecular weight is 283 g/mol. The first-order chi connectivity index (χ1) is 8.95. The lowest BCUT2D eigenvalue weighted by Gasteiger charge is -2.07. The second-order valence-electron chi connectivity index (χ2n) is 4.08. The molecule has 0 atom stereocenters. The number of carbonyl (C=O) groups is 1. The summed E-state index contributed by atoms with van der Waals surface area (Å²) in [5.41, 5.74) is 2.00. The van der Waals surface area contributed by atoms with Crippen LogP contribution in [0.3, 0.4) is 0 Å². The molecule has 0 aliphatic heterocycles. The SMILES string of the molecule is COC(=O)c1nn(-c2ccc(F)cc2C)c(C)c1Cl. The molecule has 0 saturated carbocycles. The minimum atomic E-state index is -0.605. The first-order valence-corrected chi connectivity index (χ1v) is 5.93. The highest BCUT2D eigenvalue weighted by molar-refractivity contribution is 6.34. The van der Waals surface area contributed by atoms with Crippen molar-refractivity contribution in [1.82, 2.24) is 9.78 Å². The summed E-state index contributed by atoms with van der Waals surface area (Å²) in [6.07, 6.45) is 0. The molecule has 1 aromatic carbocycles. The second-order valence-corrected chi connectivity index (χ2v) is 4.46. The third-order valence-corrected chi connectivity index (χ3v) is 3.26. The number of aromatic nitrogens is 2. The molecule has 0 amide bonds. The predicted octanol–water partition coefficient (Wildman–Crippen LogP) is 3.07. The lowest BCUT2D eigenvalue weighted by Crippen LogP contribution is -2.05. The zero-order valence-corrected chi connectivity index (χ0v) is 11.5. The van der Waals surface area contributed by atoms with Crippen LogP contribution in [0.2, 0.25) is 5.02 Å². The molecule has 0 aliphatic carbocycles. The van der Waals surface area contributed by atoms with Crippen molar-refractivity contribution in [2.45, 2.75) is 13.8 Å². The van der Waals surface area contributed by atoms with Gasteiger partial charge in [-0.2, -0.15) is 5.10 Å². The van der Waals surface area contributed by atoms with Crippen molar-refractivity contribution in [3.05, 3.63) is 46.0 Å². The van der Waals surface area contributed by atoms with Gasteiger partial charge in [0.1, 0.15) is 5.82 Å². The number of benzene rings is 1. The Morgan fingerprint density at radius 3 is 2.68 bits per heavy atom. The Hall–Kier alpha value is -1.88. The number of ether oxygens (including phenoxy) is 1. The predicted molar refractivity (Wildman–Crippen MR) is 69.3 cm³/mol. The molecule has 0 unspecified atom stereocenters. The van der Waals surface area contributed by atoms with Crippen LogP contribution in [0.4, 0.5) is 4.39 Å². The van der Waals surface area contributed by atoms with E-state index in [4.69, 9.17) is 11.6 Å². The van der Waals surface area contributed by atoms with Gasteiger partial charge in [-0.25, -0.2) is 13.9 Å². The fraction of sp³-hybridized carbons (Fsp3) is 0.231. The summed E-state index contributed by atoms with van der Waals surface area (Å²) in [5, 5.41) is 4.36. The van der Waals surface area contributed by atoms with Gasteiger partial charge >= 0.3 is 5.97 Å². The van der Waals surface area contributed by atoms with E-state index in [2.05, 4.69) is 9.84 Å². The van der Waals surface area contributed by atoms with Crippen molar-refractivity contribution in [3.8, 4) is 5.69 Å². The zero-order valence-electron chi connectivity index (χ0n) is 10.7. The van der Waals surface area contributed by atoms with E-state index in [1.54, 1.807) is 19.9 Å². The summed E-state index contributed by atoms with van der Waals surface area (Å²) in [7, 11) is 1.26. The minimum Gasteiger partial charge on any atom is -0.464 e. The Balaban J connectivity index is 2.60. The number of aryl methyl sites for hydroxylation is 1. The number of hydrogen-bond acceptors (Lipinski definition) is 3. The monoisotopic (exact) mass is 282 g/mol. The van der Waals surface area contributed by atoms with E-state index >= 15 is 0 Å². The van der Waals surface area contributed by atoms with E-state index in [0.29, 0.717) is 16.9 Å². The molecule has 4 nitrogen and oxygen atoms in total. The lowest BCUT2D eigenvalue weighted by molar-refractivity contribution is 0.0593. The van der Waals surface area contributed by atoms with Gasteiger partial charge in [-0.3, -0.25) is 0 Å². The molecule has 6 heteroatoms. The third-order valence-electron chi connectivity index (χ3n) is 2.81. The first-order valence-electron chi connectivity index (χ1n) is 5.55. The van der Waals surface area contributed by atoms with Crippen LogP contribution in [0.15, 0.2) is 18.2 Å². The number of hydrogen-bond donors (Lipinski definition) is 0. The summed E-state index contributed by atoms with van der Waals surface area (Å²) in [6, 6.07) is 4.30. The Morgan fingerprint density at radius 2 is 2.11 bits per heavy atom. The van der Waals surface area contributed by atoms with Crippen LogP contribution in [0, 0.1) is 19.7 Å². The van der Waals surface area contributed by atoms with Gasteiger partial charge in [-0.15, -0.1) is 0 Å². The van der Waals surface area contributed by atoms with E-state index in [1.807, 2.05) is 0 Å². The Kier molecular flexibility index (Phi) is 3.57. The fourth-order valence-electron chi connectivity index (χ4n) is 1.80. The van der Waals surface area contributed by atoms with Gasteiger partial charge in [0, 0.05) is 0 Å². The largest absolute Gasteiger partial charge is 0.464 e. The molecule has 1 heterocycles. The molecular formula is C13H12ClFN2O2. The summed E-state index contributed by atoms with van der Waals surface area (Å²) in [5.74, 6) is -0.933. The van der Waals surface area contributed by atoms with Crippen LogP contribution in [0.1, 0.15) is 21.7 Å². The van der Waals surface area contributed by atoms with Crippen LogP contribution >= 0.6 is 11.6 Å². The Morgan fingerprint density at radius 1 is 1.42 bits per heavy atom. The summed E-state index contributed by atoms with van der Waals surface area (Å²) < 4.78 is 19.2. The number of rotatable bonds is 2. The molecule has 0 fully saturated rings. The molecule has 2 rings (SSSR count). The van der Waals surface area contributed by atoms with E-state index in [9.17, 15) is 9.18 Å². The molecule has 0 radical (unpaired) electrons. The Bertz CT molecular complexity index is 652. The van der Waals surface area contributed by atoms with Gasteiger partial charge in [0.05, 0.1) is 23.5 Å². The molecule has 100 valence electrons. The van der Waals surface area contributed by atoms with Gasteiger partial charge in [-0.1, -0.05) is 11.6 Å². The molecule has 19 heavy (non-hydrogen) atoms. The van der Waals surface area contributed by atoms with Gasteiger partial charge in [-0.05, 0) is 37.6 Å². The number of nitrogens with zero attached hydrogens (tertiary/aromatic N) is 2. The fourth-order valence-corrected chi connectivity index (χ4v) is 2.00. The van der Waals surface area contributed by atoms with Crippen LogP contribution in [0.5, 0.6) is 0 Å². The maximum Gasteiger partial charge on any atom is 0.360 e. The molecule has 0 aliphatic rings. The molecular weight excluding hydrogens is 271 g/mol. The van der Waals surface area contributed by atoms with E-state index in [0.717, 1.165) is 0 Å². The van der Waals surface area contributed by atoms with E-state index < -0.39 is 5.97 Å². The maximum atomic E-state index is 13.1.